The first-order valence-corrected chi connectivity index (χ1v) is 6.66. The van der Waals surface area contributed by atoms with Gasteiger partial charge in [-0.25, -0.2) is 8.78 Å². The van der Waals surface area contributed by atoms with Gasteiger partial charge in [-0.3, -0.25) is 0 Å². The van der Waals surface area contributed by atoms with E-state index in [9.17, 15) is 13.9 Å². The average molecular weight is 309 g/mol. The van der Waals surface area contributed by atoms with E-state index in [1.54, 1.807) is 24.3 Å². The van der Waals surface area contributed by atoms with Gasteiger partial charge in [0, 0.05) is 22.0 Å². The molecule has 2 nitrogen and oxygen atoms in total. The molecule has 5 heteroatoms. The third-order valence-corrected chi connectivity index (χ3v) is 3.57. The van der Waals surface area contributed by atoms with Crippen LogP contribution in [-0.4, -0.2) is 5.11 Å². The van der Waals surface area contributed by atoms with E-state index in [0.717, 1.165) is 6.07 Å². The molecule has 0 saturated heterocycles. The summed E-state index contributed by atoms with van der Waals surface area (Å²) in [4.78, 5) is 0. The predicted molar refractivity (Wildman–Crippen MR) is 76.4 cm³/mol. The number of aliphatic hydroxyl groups excluding tert-OH is 1. The summed E-state index contributed by atoms with van der Waals surface area (Å²) in [5, 5.41) is 11.5. The quantitative estimate of drug-likeness (QED) is 0.741. The first kappa shape index (κ1) is 14.0. The second-order valence-corrected chi connectivity index (χ2v) is 5.29. The van der Waals surface area contributed by atoms with Crippen LogP contribution >= 0.6 is 11.6 Å². The summed E-state index contributed by atoms with van der Waals surface area (Å²) < 4.78 is 32.6. The Kier molecular flexibility index (Phi) is 3.43. The largest absolute Gasteiger partial charge is 0.458 e. The lowest BCUT2D eigenvalue weighted by Crippen LogP contribution is -2.03. The number of rotatable bonds is 2. The van der Waals surface area contributed by atoms with Crippen LogP contribution in [0.1, 0.15) is 23.0 Å². The monoisotopic (exact) mass is 308 g/mol. The van der Waals surface area contributed by atoms with Crippen molar-refractivity contribution in [3.05, 3.63) is 69.9 Å². The van der Waals surface area contributed by atoms with Gasteiger partial charge in [-0.05, 0) is 42.8 Å². The van der Waals surface area contributed by atoms with Crippen LogP contribution in [0.15, 0.2) is 40.8 Å². The molecule has 1 atom stereocenters. The van der Waals surface area contributed by atoms with Crippen molar-refractivity contribution >= 4 is 22.6 Å². The summed E-state index contributed by atoms with van der Waals surface area (Å²) in [6, 6.07) is 8.63. The molecule has 2 aromatic carbocycles. The molecule has 0 aliphatic rings. The van der Waals surface area contributed by atoms with Crippen molar-refractivity contribution in [1.29, 1.82) is 0 Å². The van der Waals surface area contributed by atoms with Crippen LogP contribution in [0.5, 0.6) is 0 Å². The van der Waals surface area contributed by atoms with E-state index in [2.05, 4.69) is 0 Å². The van der Waals surface area contributed by atoms with Crippen molar-refractivity contribution in [3.8, 4) is 0 Å². The van der Waals surface area contributed by atoms with Crippen LogP contribution in [0.25, 0.3) is 11.0 Å². The Labute approximate surface area is 124 Å². The number of halogens is 3. The highest BCUT2D eigenvalue weighted by atomic mass is 35.5. The molecule has 1 N–H and O–H groups in total. The van der Waals surface area contributed by atoms with Gasteiger partial charge in [-0.15, -0.1) is 0 Å². The SMILES string of the molecule is Cc1cc(C(O)c2cc3cc(Cl)ccc3o2)c(F)cc1F. The van der Waals surface area contributed by atoms with Crippen LogP contribution < -0.4 is 0 Å². The van der Waals surface area contributed by atoms with Gasteiger partial charge in [-0.1, -0.05) is 11.6 Å². The predicted octanol–water partition coefficient (Wildman–Crippen LogP) is 4.75. The average Bonchev–Trinajstić information content (AvgIpc) is 2.85. The highest BCUT2D eigenvalue weighted by molar-refractivity contribution is 6.31. The van der Waals surface area contributed by atoms with Gasteiger partial charge in [0.1, 0.15) is 29.1 Å². The maximum absolute atomic E-state index is 13.8. The van der Waals surface area contributed by atoms with Gasteiger partial charge in [0.05, 0.1) is 0 Å². The molecule has 0 aliphatic heterocycles. The minimum Gasteiger partial charge on any atom is -0.458 e. The fourth-order valence-electron chi connectivity index (χ4n) is 2.21. The van der Waals surface area contributed by atoms with Gasteiger partial charge in [0.2, 0.25) is 0 Å². The molecule has 1 unspecified atom stereocenters. The highest BCUT2D eigenvalue weighted by Crippen LogP contribution is 2.31. The summed E-state index contributed by atoms with van der Waals surface area (Å²) in [5.74, 6) is -1.29. The first-order valence-electron chi connectivity index (χ1n) is 6.28. The standard InChI is InChI=1S/C16H11ClF2O2/c1-8-4-11(13(19)7-12(8)18)16(20)15-6-9-5-10(17)2-3-14(9)21-15/h2-7,16,20H,1H3. The molecule has 3 rings (SSSR count). The van der Waals surface area contributed by atoms with Gasteiger partial charge >= 0.3 is 0 Å². The molecule has 21 heavy (non-hydrogen) atoms. The van der Waals surface area contributed by atoms with Crippen molar-refractivity contribution < 1.29 is 18.3 Å². The van der Waals surface area contributed by atoms with E-state index in [0.29, 0.717) is 16.0 Å². The lowest BCUT2D eigenvalue weighted by atomic mass is 10.0. The van der Waals surface area contributed by atoms with Crippen LogP contribution in [0.3, 0.4) is 0 Å². The molecule has 0 bridgehead atoms. The summed E-state index contributed by atoms with van der Waals surface area (Å²) in [6.07, 6.45) is -1.31. The Hall–Kier alpha value is -1.91. The Morgan fingerprint density at radius 1 is 1.10 bits per heavy atom. The van der Waals surface area contributed by atoms with Crippen molar-refractivity contribution in [2.45, 2.75) is 13.0 Å². The molecule has 108 valence electrons. The fourth-order valence-corrected chi connectivity index (χ4v) is 2.39. The van der Waals surface area contributed by atoms with Gasteiger partial charge in [0.15, 0.2) is 0 Å². The fraction of sp³-hybridized carbons (Fsp3) is 0.125. The van der Waals surface area contributed by atoms with Gasteiger partial charge in [0.25, 0.3) is 0 Å². The van der Waals surface area contributed by atoms with Crippen LogP contribution in [0.4, 0.5) is 8.78 Å². The third kappa shape index (κ3) is 2.52. The zero-order chi connectivity index (χ0) is 15.1. The number of hydrogen-bond donors (Lipinski definition) is 1. The van der Waals surface area contributed by atoms with E-state index in [4.69, 9.17) is 16.0 Å². The number of fused-ring (bicyclic) bond motifs is 1. The molecule has 1 heterocycles. The third-order valence-electron chi connectivity index (χ3n) is 3.34. The smallest absolute Gasteiger partial charge is 0.139 e. The molecule has 0 aliphatic carbocycles. The van der Waals surface area contributed by atoms with Crippen molar-refractivity contribution in [2.75, 3.05) is 0 Å². The van der Waals surface area contributed by atoms with E-state index in [1.807, 2.05) is 0 Å². The number of aryl methyl sites for hydroxylation is 1. The van der Waals surface area contributed by atoms with Crippen molar-refractivity contribution in [3.63, 3.8) is 0 Å². The molecule has 0 radical (unpaired) electrons. The number of hydrogen-bond acceptors (Lipinski definition) is 2. The zero-order valence-corrected chi connectivity index (χ0v) is 11.8. The first-order chi connectivity index (χ1) is 9.95. The molecule has 0 saturated carbocycles. The van der Waals surface area contributed by atoms with Crippen LogP contribution in [0, 0.1) is 18.6 Å². The molecule has 0 fully saturated rings. The Balaban J connectivity index is 2.07. The normalized spacial score (nSPS) is 12.8. The van der Waals surface area contributed by atoms with Gasteiger partial charge < -0.3 is 9.52 Å². The van der Waals surface area contributed by atoms with E-state index in [-0.39, 0.29) is 16.9 Å². The van der Waals surface area contributed by atoms with Crippen LogP contribution in [-0.2, 0) is 0 Å². The van der Waals surface area contributed by atoms with E-state index < -0.39 is 17.7 Å². The zero-order valence-electron chi connectivity index (χ0n) is 11.0. The molecular formula is C16H11ClF2O2. The maximum atomic E-state index is 13.8. The summed E-state index contributed by atoms with van der Waals surface area (Å²) >= 11 is 5.88. The lowest BCUT2D eigenvalue weighted by molar-refractivity contribution is 0.187. The molecule has 3 aromatic rings. The van der Waals surface area contributed by atoms with Crippen LogP contribution in [0.2, 0.25) is 5.02 Å². The second kappa shape index (κ2) is 5.13. The maximum Gasteiger partial charge on any atom is 0.139 e. The topological polar surface area (TPSA) is 33.4 Å². The minimum absolute atomic E-state index is 0.0287. The lowest BCUT2D eigenvalue weighted by Gasteiger charge is -2.10. The summed E-state index contributed by atoms with van der Waals surface area (Å²) in [7, 11) is 0. The van der Waals surface area contributed by atoms with E-state index >= 15 is 0 Å². The number of aliphatic hydroxyl groups is 1. The Morgan fingerprint density at radius 3 is 2.62 bits per heavy atom. The second-order valence-electron chi connectivity index (χ2n) is 4.86. The van der Waals surface area contributed by atoms with Gasteiger partial charge in [-0.2, -0.15) is 0 Å². The Morgan fingerprint density at radius 2 is 1.86 bits per heavy atom. The number of benzene rings is 2. The van der Waals surface area contributed by atoms with E-state index in [1.165, 1.54) is 13.0 Å². The molecule has 0 spiro atoms. The van der Waals surface area contributed by atoms with Crippen molar-refractivity contribution in [1.82, 2.24) is 0 Å². The Bertz CT molecular complexity index is 827. The van der Waals surface area contributed by atoms with Crippen molar-refractivity contribution in [2.24, 2.45) is 0 Å². The summed E-state index contributed by atoms with van der Waals surface area (Å²) in [5.41, 5.74) is 0.761. The highest BCUT2D eigenvalue weighted by Gasteiger charge is 2.20. The summed E-state index contributed by atoms with van der Waals surface area (Å²) in [6.45, 7) is 1.50. The molecular weight excluding hydrogens is 298 g/mol. The minimum atomic E-state index is -1.31. The molecule has 0 amide bonds. The molecule has 1 aromatic heterocycles. The number of furan rings is 1.